The summed E-state index contributed by atoms with van der Waals surface area (Å²) in [5.74, 6) is 0. The average molecular weight is 207 g/mol. The molecule has 4 heteroatoms. The highest BCUT2D eigenvalue weighted by Gasteiger charge is 2.21. The second kappa shape index (κ2) is 5.21. The summed E-state index contributed by atoms with van der Waals surface area (Å²) in [5, 5.41) is 0. The molecule has 2 rings (SSSR count). The number of rotatable bonds is 3. The van der Waals surface area contributed by atoms with Crippen molar-refractivity contribution >= 4 is 0 Å². The highest BCUT2D eigenvalue weighted by molar-refractivity contribution is 5.08. The van der Waals surface area contributed by atoms with E-state index in [-0.39, 0.29) is 0 Å². The van der Waals surface area contributed by atoms with Crippen molar-refractivity contribution in [2.45, 2.75) is 12.6 Å². The lowest BCUT2D eigenvalue weighted by atomic mass is 10.2. The fraction of sp³-hybridized carbons (Fsp3) is 0.545. The van der Waals surface area contributed by atoms with E-state index in [4.69, 9.17) is 10.5 Å². The summed E-state index contributed by atoms with van der Waals surface area (Å²) in [4.78, 5) is 6.47. The molecule has 1 aromatic rings. The Morgan fingerprint density at radius 1 is 1.60 bits per heavy atom. The molecule has 1 atom stereocenters. The fourth-order valence-corrected chi connectivity index (χ4v) is 1.84. The van der Waals surface area contributed by atoms with Crippen molar-refractivity contribution in [3.05, 3.63) is 30.1 Å². The van der Waals surface area contributed by atoms with Gasteiger partial charge in [-0.2, -0.15) is 0 Å². The first-order valence-electron chi connectivity index (χ1n) is 5.31. The summed E-state index contributed by atoms with van der Waals surface area (Å²) in [5.41, 5.74) is 6.94. The van der Waals surface area contributed by atoms with Crippen LogP contribution in [0.5, 0.6) is 0 Å². The summed E-state index contributed by atoms with van der Waals surface area (Å²) in [7, 11) is 0. The first kappa shape index (κ1) is 10.5. The monoisotopic (exact) mass is 207 g/mol. The van der Waals surface area contributed by atoms with Crippen LogP contribution in [0.2, 0.25) is 0 Å². The molecule has 82 valence electrons. The van der Waals surface area contributed by atoms with Gasteiger partial charge < -0.3 is 10.5 Å². The van der Waals surface area contributed by atoms with E-state index in [2.05, 4.69) is 16.0 Å². The standard InChI is InChI=1S/C11H17N3O/c12-6-11-9-15-5-4-14(11)8-10-2-1-3-13-7-10/h1-3,7,11H,4-6,8-9,12H2. The molecule has 0 amide bonds. The zero-order valence-corrected chi connectivity index (χ0v) is 8.80. The fourth-order valence-electron chi connectivity index (χ4n) is 1.84. The molecule has 1 fully saturated rings. The van der Waals surface area contributed by atoms with Gasteiger partial charge >= 0.3 is 0 Å². The lowest BCUT2D eigenvalue weighted by Gasteiger charge is -2.34. The second-order valence-corrected chi connectivity index (χ2v) is 3.80. The van der Waals surface area contributed by atoms with E-state index in [1.165, 1.54) is 5.56 Å². The number of pyridine rings is 1. The van der Waals surface area contributed by atoms with E-state index >= 15 is 0 Å². The predicted octanol–water partition coefficient (Wildman–Crippen LogP) is 0.241. The maximum absolute atomic E-state index is 5.71. The summed E-state index contributed by atoms with van der Waals surface area (Å²) in [6.45, 7) is 4.07. The van der Waals surface area contributed by atoms with Gasteiger partial charge in [0.1, 0.15) is 0 Å². The normalized spacial score (nSPS) is 22.9. The maximum Gasteiger partial charge on any atom is 0.0634 e. The van der Waals surface area contributed by atoms with Crippen LogP contribution in [0.1, 0.15) is 5.56 Å². The van der Waals surface area contributed by atoms with Gasteiger partial charge in [0.25, 0.3) is 0 Å². The van der Waals surface area contributed by atoms with Gasteiger partial charge in [0, 0.05) is 38.1 Å². The number of morpholine rings is 1. The summed E-state index contributed by atoms with van der Waals surface area (Å²) < 4.78 is 5.40. The molecule has 1 aliphatic heterocycles. The molecule has 2 heterocycles. The minimum absolute atomic E-state index is 0.346. The molecule has 4 nitrogen and oxygen atoms in total. The van der Waals surface area contributed by atoms with E-state index in [1.807, 2.05) is 12.3 Å². The van der Waals surface area contributed by atoms with Gasteiger partial charge in [-0.25, -0.2) is 0 Å². The van der Waals surface area contributed by atoms with Gasteiger partial charge in [-0.05, 0) is 11.6 Å². The van der Waals surface area contributed by atoms with Gasteiger partial charge in [0.05, 0.1) is 13.2 Å². The van der Waals surface area contributed by atoms with Gasteiger partial charge in [-0.15, -0.1) is 0 Å². The van der Waals surface area contributed by atoms with Crippen molar-refractivity contribution in [1.29, 1.82) is 0 Å². The van der Waals surface area contributed by atoms with Crippen molar-refractivity contribution in [3.8, 4) is 0 Å². The summed E-state index contributed by atoms with van der Waals surface area (Å²) in [6.07, 6.45) is 3.70. The lowest BCUT2D eigenvalue weighted by Crippen LogP contribution is -2.48. The van der Waals surface area contributed by atoms with Crippen molar-refractivity contribution < 1.29 is 4.74 Å². The van der Waals surface area contributed by atoms with Gasteiger partial charge in [-0.3, -0.25) is 9.88 Å². The quantitative estimate of drug-likeness (QED) is 0.771. The van der Waals surface area contributed by atoms with Crippen LogP contribution in [-0.2, 0) is 11.3 Å². The van der Waals surface area contributed by atoms with Gasteiger partial charge in [0.2, 0.25) is 0 Å². The number of hydrogen-bond acceptors (Lipinski definition) is 4. The van der Waals surface area contributed by atoms with Gasteiger partial charge in [0.15, 0.2) is 0 Å². The third-order valence-corrected chi connectivity index (χ3v) is 2.73. The maximum atomic E-state index is 5.71. The van der Waals surface area contributed by atoms with Crippen molar-refractivity contribution in [3.63, 3.8) is 0 Å². The van der Waals surface area contributed by atoms with Crippen LogP contribution in [0.15, 0.2) is 24.5 Å². The molecule has 0 spiro atoms. The summed E-state index contributed by atoms with van der Waals surface area (Å²) >= 11 is 0. The van der Waals surface area contributed by atoms with Crippen LogP contribution in [-0.4, -0.2) is 42.2 Å². The molecule has 0 bridgehead atoms. The first-order chi connectivity index (χ1) is 7.40. The zero-order valence-electron chi connectivity index (χ0n) is 8.80. The van der Waals surface area contributed by atoms with Crippen LogP contribution >= 0.6 is 0 Å². The molecule has 0 radical (unpaired) electrons. The number of hydrogen-bond donors (Lipinski definition) is 1. The Kier molecular flexibility index (Phi) is 3.66. The van der Waals surface area contributed by atoms with E-state index in [0.717, 1.165) is 26.3 Å². The predicted molar refractivity (Wildman–Crippen MR) is 58.3 cm³/mol. The molecule has 0 saturated carbocycles. The number of aromatic nitrogens is 1. The highest BCUT2D eigenvalue weighted by atomic mass is 16.5. The molecule has 0 aromatic carbocycles. The highest BCUT2D eigenvalue weighted by Crippen LogP contribution is 2.10. The lowest BCUT2D eigenvalue weighted by molar-refractivity contribution is -0.00796. The molecule has 2 N–H and O–H groups in total. The minimum atomic E-state index is 0.346. The topological polar surface area (TPSA) is 51.4 Å². The van der Waals surface area contributed by atoms with Crippen molar-refractivity contribution in [1.82, 2.24) is 9.88 Å². The Balaban J connectivity index is 1.97. The number of nitrogens with zero attached hydrogens (tertiary/aromatic N) is 2. The first-order valence-corrected chi connectivity index (χ1v) is 5.31. The SMILES string of the molecule is NCC1COCCN1Cc1cccnc1. The molecular formula is C11H17N3O. The number of ether oxygens (including phenoxy) is 1. The van der Waals surface area contributed by atoms with Crippen LogP contribution < -0.4 is 5.73 Å². The third-order valence-electron chi connectivity index (χ3n) is 2.73. The zero-order chi connectivity index (χ0) is 10.5. The van der Waals surface area contributed by atoms with Crippen LogP contribution in [0.3, 0.4) is 0 Å². The van der Waals surface area contributed by atoms with Crippen molar-refractivity contribution in [2.24, 2.45) is 5.73 Å². The minimum Gasteiger partial charge on any atom is -0.378 e. The summed E-state index contributed by atoms with van der Waals surface area (Å²) in [6, 6.07) is 4.41. The Bertz CT molecular complexity index is 291. The third kappa shape index (κ3) is 2.75. The van der Waals surface area contributed by atoms with E-state index in [9.17, 15) is 0 Å². The smallest absolute Gasteiger partial charge is 0.0634 e. The van der Waals surface area contributed by atoms with E-state index in [1.54, 1.807) is 6.20 Å². The number of nitrogens with two attached hydrogens (primary N) is 1. The van der Waals surface area contributed by atoms with Gasteiger partial charge in [-0.1, -0.05) is 6.07 Å². The Labute approximate surface area is 90.0 Å². The van der Waals surface area contributed by atoms with Crippen molar-refractivity contribution in [2.75, 3.05) is 26.3 Å². The largest absolute Gasteiger partial charge is 0.378 e. The van der Waals surface area contributed by atoms with Crippen LogP contribution in [0, 0.1) is 0 Å². The van der Waals surface area contributed by atoms with Crippen LogP contribution in [0.25, 0.3) is 0 Å². The Morgan fingerprint density at radius 3 is 3.27 bits per heavy atom. The Hall–Kier alpha value is -0.970. The molecular weight excluding hydrogens is 190 g/mol. The molecule has 1 aromatic heterocycles. The Morgan fingerprint density at radius 2 is 2.53 bits per heavy atom. The van der Waals surface area contributed by atoms with E-state index < -0.39 is 0 Å². The molecule has 15 heavy (non-hydrogen) atoms. The van der Waals surface area contributed by atoms with Crippen LogP contribution in [0.4, 0.5) is 0 Å². The molecule has 1 saturated heterocycles. The molecule has 1 aliphatic rings. The molecule has 1 unspecified atom stereocenters. The average Bonchev–Trinajstić information content (AvgIpc) is 2.31. The van der Waals surface area contributed by atoms with E-state index in [0.29, 0.717) is 12.6 Å². The molecule has 0 aliphatic carbocycles. The second-order valence-electron chi connectivity index (χ2n) is 3.80.